The molecule has 1 saturated heterocycles. The van der Waals surface area contributed by atoms with Crippen molar-refractivity contribution in [1.29, 1.82) is 0 Å². The molecule has 1 aliphatic heterocycles. The number of halogens is 1. The Morgan fingerprint density at radius 3 is 2.87 bits per heavy atom. The van der Waals surface area contributed by atoms with E-state index < -0.39 is 0 Å². The summed E-state index contributed by atoms with van der Waals surface area (Å²) in [6, 6.07) is 0.403. The van der Waals surface area contributed by atoms with E-state index in [2.05, 4.69) is 12.2 Å². The maximum atomic E-state index is 12.0. The number of carbonyl (C=O) groups is 1. The first-order valence-corrected chi connectivity index (χ1v) is 6.35. The number of carbonyl (C=O) groups excluding carboxylic acids is 1. The zero-order chi connectivity index (χ0) is 10.6. The molecule has 1 rings (SSSR count). The van der Waals surface area contributed by atoms with Gasteiger partial charge in [-0.05, 0) is 14.0 Å². The van der Waals surface area contributed by atoms with Crippen LogP contribution >= 0.6 is 24.2 Å². The molecule has 1 fully saturated rings. The van der Waals surface area contributed by atoms with Crippen LogP contribution in [0.2, 0.25) is 0 Å². The van der Waals surface area contributed by atoms with Gasteiger partial charge in [-0.2, -0.15) is 11.8 Å². The molecule has 3 nitrogen and oxygen atoms in total. The van der Waals surface area contributed by atoms with Crippen LogP contribution in [-0.4, -0.2) is 48.5 Å². The van der Waals surface area contributed by atoms with E-state index in [9.17, 15) is 4.79 Å². The monoisotopic (exact) mass is 252 g/mol. The lowest BCUT2D eigenvalue weighted by Gasteiger charge is -2.34. The van der Waals surface area contributed by atoms with Crippen LogP contribution in [0, 0.1) is 5.92 Å². The van der Waals surface area contributed by atoms with E-state index in [4.69, 9.17) is 0 Å². The van der Waals surface area contributed by atoms with Crippen molar-refractivity contribution < 1.29 is 4.79 Å². The van der Waals surface area contributed by atoms with E-state index in [-0.39, 0.29) is 18.3 Å². The summed E-state index contributed by atoms with van der Waals surface area (Å²) in [6.07, 6.45) is 0. The molecule has 0 bridgehead atoms. The van der Waals surface area contributed by atoms with Crippen LogP contribution in [0.3, 0.4) is 0 Å². The minimum atomic E-state index is 0. The minimum absolute atomic E-state index is 0. The number of rotatable bonds is 3. The molecule has 5 heteroatoms. The highest BCUT2D eigenvalue weighted by Crippen LogP contribution is 2.17. The average Bonchev–Trinajstić information content (AvgIpc) is 2.18. The normalized spacial score (nSPS) is 23.1. The largest absolute Gasteiger partial charge is 0.338 e. The van der Waals surface area contributed by atoms with Gasteiger partial charge in [0.25, 0.3) is 0 Å². The fourth-order valence-electron chi connectivity index (χ4n) is 1.73. The van der Waals surface area contributed by atoms with E-state index in [1.165, 1.54) is 0 Å². The molecular weight excluding hydrogens is 232 g/mol. The maximum absolute atomic E-state index is 12.0. The van der Waals surface area contributed by atoms with Crippen LogP contribution in [0.4, 0.5) is 0 Å². The summed E-state index contributed by atoms with van der Waals surface area (Å²) < 4.78 is 0. The summed E-state index contributed by atoms with van der Waals surface area (Å²) >= 11 is 1.94. The van der Waals surface area contributed by atoms with Gasteiger partial charge in [0.2, 0.25) is 5.91 Å². The zero-order valence-corrected chi connectivity index (χ0v) is 11.3. The van der Waals surface area contributed by atoms with Gasteiger partial charge in [0, 0.05) is 36.6 Å². The van der Waals surface area contributed by atoms with Crippen molar-refractivity contribution in [1.82, 2.24) is 10.2 Å². The lowest BCUT2D eigenvalue weighted by molar-refractivity contribution is -0.136. The highest BCUT2D eigenvalue weighted by molar-refractivity contribution is 7.99. The summed E-state index contributed by atoms with van der Waals surface area (Å²) in [4.78, 5) is 14.0. The highest BCUT2D eigenvalue weighted by Gasteiger charge is 2.26. The number of amides is 1. The Bertz CT molecular complexity index is 204. The molecule has 0 aromatic rings. The number of hydrogen-bond donors (Lipinski definition) is 1. The van der Waals surface area contributed by atoms with E-state index in [1.54, 1.807) is 0 Å². The van der Waals surface area contributed by atoms with Crippen LogP contribution in [0.15, 0.2) is 0 Å². The standard InChI is InChI=1S/C10H20N2OS.ClH/c1-8(6-11-3)10(13)12-4-5-14-7-9(12)2;/h8-9,11H,4-7H2,1-3H3;1H. The third-order valence-corrected chi connectivity index (χ3v) is 3.77. The van der Waals surface area contributed by atoms with Gasteiger partial charge in [0.05, 0.1) is 0 Å². The summed E-state index contributed by atoms with van der Waals surface area (Å²) in [7, 11) is 1.89. The van der Waals surface area contributed by atoms with Gasteiger partial charge in [-0.3, -0.25) is 4.79 Å². The van der Waals surface area contributed by atoms with Gasteiger partial charge in [-0.25, -0.2) is 0 Å². The van der Waals surface area contributed by atoms with Crippen molar-refractivity contribution in [3.63, 3.8) is 0 Å². The molecule has 1 aliphatic rings. The summed E-state index contributed by atoms with van der Waals surface area (Å²) in [5.74, 6) is 2.57. The van der Waals surface area contributed by atoms with Crippen molar-refractivity contribution in [2.24, 2.45) is 5.92 Å². The van der Waals surface area contributed by atoms with Gasteiger partial charge < -0.3 is 10.2 Å². The molecule has 2 unspecified atom stereocenters. The molecule has 0 saturated carbocycles. The van der Waals surface area contributed by atoms with Crippen molar-refractivity contribution >= 4 is 30.1 Å². The van der Waals surface area contributed by atoms with Crippen molar-refractivity contribution in [3.8, 4) is 0 Å². The molecule has 1 N–H and O–H groups in total. The van der Waals surface area contributed by atoms with Crippen molar-refractivity contribution in [2.75, 3.05) is 31.6 Å². The van der Waals surface area contributed by atoms with Crippen LogP contribution in [0.5, 0.6) is 0 Å². The van der Waals surface area contributed by atoms with Crippen LogP contribution in [0.1, 0.15) is 13.8 Å². The predicted octanol–water partition coefficient (Wildman–Crippen LogP) is 1.23. The predicted molar refractivity (Wildman–Crippen MR) is 68.8 cm³/mol. The van der Waals surface area contributed by atoms with E-state index >= 15 is 0 Å². The Morgan fingerprint density at radius 1 is 1.67 bits per heavy atom. The Morgan fingerprint density at radius 2 is 2.33 bits per heavy atom. The molecule has 1 heterocycles. The second-order valence-electron chi connectivity index (χ2n) is 3.91. The minimum Gasteiger partial charge on any atom is -0.338 e. The second kappa shape index (κ2) is 7.36. The fraction of sp³-hybridized carbons (Fsp3) is 0.900. The highest BCUT2D eigenvalue weighted by atomic mass is 35.5. The van der Waals surface area contributed by atoms with E-state index in [0.29, 0.717) is 11.9 Å². The summed E-state index contributed by atoms with van der Waals surface area (Å²) in [6.45, 7) is 5.82. The molecule has 0 spiro atoms. The van der Waals surface area contributed by atoms with E-state index in [0.717, 1.165) is 24.6 Å². The zero-order valence-electron chi connectivity index (χ0n) is 9.66. The number of nitrogens with zero attached hydrogens (tertiary/aromatic N) is 1. The third-order valence-electron chi connectivity index (χ3n) is 2.58. The number of thioether (sulfide) groups is 1. The number of hydrogen-bond acceptors (Lipinski definition) is 3. The smallest absolute Gasteiger partial charge is 0.226 e. The molecular formula is C10H21ClN2OS. The molecule has 2 atom stereocenters. The Hall–Kier alpha value is 0.0700. The third kappa shape index (κ3) is 4.21. The molecule has 0 aliphatic carbocycles. The Balaban J connectivity index is 0.00000196. The maximum Gasteiger partial charge on any atom is 0.226 e. The molecule has 0 aromatic heterocycles. The van der Waals surface area contributed by atoms with Crippen LogP contribution in [0.25, 0.3) is 0 Å². The van der Waals surface area contributed by atoms with Crippen LogP contribution < -0.4 is 5.32 Å². The summed E-state index contributed by atoms with van der Waals surface area (Å²) in [5, 5.41) is 3.05. The summed E-state index contributed by atoms with van der Waals surface area (Å²) in [5.41, 5.74) is 0. The molecule has 15 heavy (non-hydrogen) atoms. The first-order chi connectivity index (χ1) is 6.66. The lowest BCUT2D eigenvalue weighted by Crippen LogP contribution is -2.48. The van der Waals surface area contributed by atoms with Gasteiger partial charge in [0.15, 0.2) is 0 Å². The Labute approximate surface area is 103 Å². The topological polar surface area (TPSA) is 32.3 Å². The lowest BCUT2D eigenvalue weighted by atomic mass is 10.1. The van der Waals surface area contributed by atoms with Crippen LogP contribution in [-0.2, 0) is 4.79 Å². The quantitative estimate of drug-likeness (QED) is 0.820. The second-order valence-corrected chi connectivity index (χ2v) is 5.06. The molecule has 0 aromatic carbocycles. The first kappa shape index (κ1) is 15.1. The molecule has 90 valence electrons. The van der Waals surface area contributed by atoms with Gasteiger partial charge in [0.1, 0.15) is 0 Å². The average molecular weight is 253 g/mol. The molecule has 1 amide bonds. The SMILES string of the molecule is CNCC(C)C(=O)N1CCSCC1C.Cl. The Kier molecular flexibility index (Phi) is 7.40. The van der Waals surface area contributed by atoms with Gasteiger partial charge in [-0.15, -0.1) is 12.4 Å². The first-order valence-electron chi connectivity index (χ1n) is 5.19. The van der Waals surface area contributed by atoms with Crippen molar-refractivity contribution in [2.45, 2.75) is 19.9 Å². The van der Waals surface area contributed by atoms with Gasteiger partial charge >= 0.3 is 0 Å². The molecule has 0 radical (unpaired) electrons. The van der Waals surface area contributed by atoms with E-state index in [1.807, 2.05) is 30.6 Å². The fourth-order valence-corrected chi connectivity index (χ4v) is 2.74. The number of nitrogens with one attached hydrogen (secondary N) is 1. The van der Waals surface area contributed by atoms with Crippen molar-refractivity contribution in [3.05, 3.63) is 0 Å². The van der Waals surface area contributed by atoms with Gasteiger partial charge in [-0.1, -0.05) is 6.92 Å².